The summed E-state index contributed by atoms with van der Waals surface area (Å²) in [7, 11) is 0. The average Bonchev–Trinajstić information content (AvgIpc) is 2.32. The van der Waals surface area contributed by atoms with E-state index >= 15 is 0 Å². The van der Waals surface area contributed by atoms with Crippen LogP contribution in [0.4, 0.5) is 24.5 Å². The first-order valence-electron chi connectivity index (χ1n) is 5.39. The highest BCUT2D eigenvalue weighted by atomic mass is 35.5. The molecule has 0 unspecified atom stereocenters. The number of halogens is 4. The molecule has 0 spiro atoms. The number of nitrogens with one attached hydrogen (secondary N) is 1. The minimum Gasteiger partial charge on any atom is -0.396 e. The van der Waals surface area contributed by atoms with Gasteiger partial charge in [0.05, 0.1) is 11.3 Å². The normalized spacial score (nSPS) is 10.4. The zero-order valence-electron chi connectivity index (χ0n) is 9.88. The summed E-state index contributed by atoms with van der Waals surface area (Å²) >= 11 is 5.62. The second-order valence-electron chi connectivity index (χ2n) is 3.97. The van der Waals surface area contributed by atoms with Crippen molar-refractivity contribution < 1.29 is 18.0 Å². The molecule has 7 heteroatoms. The van der Waals surface area contributed by atoms with E-state index < -0.39 is 28.9 Å². The number of hydrogen-bond donors (Lipinski definition) is 2. The summed E-state index contributed by atoms with van der Waals surface area (Å²) < 4.78 is 39.6. The van der Waals surface area contributed by atoms with Crippen LogP contribution in [0, 0.1) is 17.5 Å². The molecule has 104 valence electrons. The molecule has 2 aromatic carbocycles. The van der Waals surface area contributed by atoms with Crippen molar-refractivity contribution in [3.63, 3.8) is 0 Å². The van der Waals surface area contributed by atoms with Crippen LogP contribution in [0.15, 0.2) is 30.3 Å². The number of anilines is 2. The van der Waals surface area contributed by atoms with E-state index in [9.17, 15) is 18.0 Å². The molecular formula is C13H8ClF3N2O. The molecule has 0 aliphatic carbocycles. The van der Waals surface area contributed by atoms with Gasteiger partial charge in [-0.15, -0.1) is 0 Å². The van der Waals surface area contributed by atoms with Gasteiger partial charge in [0.1, 0.15) is 17.5 Å². The largest absolute Gasteiger partial charge is 0.396 e. The third-order valence-electron chi connectivity index (χ3n) is 2.45. The standard InChI is InChI=1S/C13H8ClF3N2O/c14-6-1-7(15)3-8(2-6)19-13(20)9-4-12(18)11(17)5-10(9)16/h1-5H,18H2,(H,19,20). The maximum Gasteiger partial charge on any atom is 0.258 e. The average molecular weight is 301 g/mol. The van der Waals surface area contributed by atoms with Crippen LogP contribution in [-0.4, -0.2) is 5.91 Å². The van der Waals surface area contributed by atoms with Crippen molar-refractivity contribution >= 4 is 28.9 Å². The summed E-state index contributed by atoms with van der Waals surface area (Å²) in [5.41, 5.74) is 4.49. The Morgan fingerprint density at radius 2 is 1.75 bits per heavy atom. The number of carbonyl (C=O) groups excluding carboxylic acids is 1. The Bertz CT molecular complexity index is 671. The van der Waals surface area contributed by atoms with Gasteiger partial charge in [0.25, 0.3) is 5.91 Å². The monoisotopic (exact) mass is 300 g/mol. The molecule has 0 aliphatic rings. The van der Waals surface area contributed by atoms with Crippen LogP contribution in [0.25, 0.3) is 0 Å². The van der Waals surface area contributed by atoms with Crippen LogP contribution in [0.3, 0.4) is 0 Å². The number of carbonyl (C=O) groups is 1. The molecule has 20 heavy (non-hydrogen) atoms. The second kappa shape index (κ2) is 5.42. The van der Waals surface area contributed by atoms with E-state index in [-0.39, 0.29) is 16.4 Å². The molecule has 0 aliphatic heterocycles. The second-order valence-corrected chi connectivity index (χ2v) is 4.40. The first-order valence-corrected chi connectivity index (χ1v) is 5.76. The molecule has 1 amide bonds. The van der Waals surface area contributed by atoms with Gasteiger partial charge in [0.2, 0.25) is 0 Å². The van der Waals surface area contributed by atoms with Gasteiger partial charge in [0.15, 0.2) is 0 Å². The minimum atomic E-state index is -1.07. The Hall–Kier alpha value is -2.21. The van der Waals surface area contributed by atoms with Crippen molar-refractivity contribution in [1.82, 2.24) is 0 Å². The lowest BCUT2D eigenvalue weighted by Crippen LogP contribution is -2.15. The van der Waals surface area contributed by atoms with Crippen LogP contribution < -0.4 is 11.1 Å². The van der Waals surface area contributed by atoms with Gasteiger partial charge in [-0.1, -0.05) is 11.6 Å². The van der Waals surface area contributed by atoms with Crippen LogP contribution >= 0.6 is 11.6 Å². The van der Waals surface area contributed by atoms with Crippen LogP contribution in [0.1, 0.15) is 10.4 Å². The summed E-state index contributed by atoms with van der Waals surface area (Å²) in [5, 5.41) is 2.31. The summed E-state index contributed by atoms with van der Waals surface area (Å²) in [4.78, 5) is 11.8. The predicted octanol–water partition coefficient (Wildman–Crippen LogP) is 3.59. The molecule has 0 saturated carbocycles. The molecule has 0 atom stereocenters. The summed E-state index contributed by atoms with van der Waals surface area (Å²) in [5.74, 6) is -3.59. The summed E-state index contributed by atoms with van der Waals surface area (Å²) in [6, 6.07) is 4.71. The number of nitrogens with two attached hydrogens (primary N) is 1. The highest BCUT2D eigenvalue weighted by Crippen LogP contribution is 2.21. The smallest absolute Gasteiger partial charge is 0.258 e. The lowest BCUT2D eigenvalue weighted by molar-refractivity contribution is 0.102. The van der Waals surface area contributed by atoms with Crippen molar-refractivity contribution in [3.8, 4) is 0 Å². The van der Waals surface area contributed by atoms with Gasteiger partial charge in [-0.25, -0.2) is 13.2 Å². The highest BCUT2D eigenvalue weighted by Gasteiger charge is 2.15. The maximum atomic E-state index is 13.5. The number of amides is 1. The Balaban J connectivity index is 2.30. The third kappa shape index (κ3) is 3.03. The molecule has 2 aromatic rings. The van der Waals surface area contributed by atoms with Crippen LogP contribution in [-0.2, 0) is 0 Å². The summed E-state index contributed by atoms with van der Waals surface area (Å²) in [6.07, 6.45) is 0. The Morgan fingerprint density at radius 1 is 1.05 bits per heavy atom. The molecule has 0 aromatic heterocycles. The van der Waals surface area contributed by atoms with Crippen molar-refractivity contribution in [2.75, 3.05) is 11.1 Å². The van der Waals surface area contributed by atoms with E-state index in [4.69, 9.17) is 17.3 Å². The lowest BCUT2D eigenvalue weighted by atomic mass is 10.1. The minimum absolute atomic E-state index is 0.0438. The fourth-order valence-electron chi connectivity index (χ4n) is 1.56. The van der Waals surface area contributed by atoms with Crippen LogP contribution in [0.5, 0.6) is 0 Å². The molecule has 0 bridgehead atoms. The lowest BCUT2D eigenvalue weighted by Gasteiger charge is -2.08. The van der Waals surface area contributed by atoms with Crippen molar-refractivity contribution in [2.24, 2.45) is 0 Å². The zero-order valence-corrected chi connectivity index (χ0v) is 10.6. The number of hydrogen-bond acceptors (Lipinski definition) is 2. The quantitative estimate of drug-likeness (QED) is 0.833. The molecule has 0 saturated heterocycles. The van der Waals surface area contributed by atoms with E-state index in [1.54, 1.807) is 0 Å². The van der Waals surface area contributed by atoms with E-state index in [2.05, 4.69) is 5.32 Å². The van der Waals surface area contributed by atoms with Gasteiger partial charge in [-0.2, -0.15) is 0 Å². The molecule has 0 radical (unpaired) electrons. The fourth-order valence-corrected chi connectivity index (χ4v) is 1.79. The highest BCUT2D eigenvalue weighted by molar-refractivity contribution is 6.31. The third-order valence-corrected chi connectivity index (χ3v) is 2.67. The first kappa shape index (κ1) is 14.2. The Labute approximate surface area is 117 Å². The van der Waals surface area contributed by atoms with Crippen LogP contribution in [0.2, 0.25) is 5.02 Å². The number of nitrogen functional groups attached to an aromatic ring is 1. The molecule has 0 heterocycles. The van der Waals surface area contributed by atoms with E-state index in [1.165, 1.54) is 6.07 Å². The molecule has 2 rings (SSSR count). The number of rotatable bonds is 2. The summed E-state index contributed by atoms with van der Waals surface area (Å²) in [6.45, 7) is 0. The van der Waals surface area contributed by atoms with Gasteiger partial charge in [0, 0.05) is 16.8 Å². The van der Waals surface area contributed by atoms with E-state index in [0.29, 0.717) is 6.07 Å². The van der Waals surface area contributed by atoms with Gasteiger partial charge < -0.3 is 11.1 Å². The van der Waals surface area contributed by atoms with Gasteiger partial charge >= 0.3 is 0 Å². The van der Waals surface area contributed by atoms with Crippen molar-refractivity contribution in [1.29, 1.82) is 0 Å². The van der Waals surface area contributed by atoms with Crippen molar-refractivity contribution in [3.05, 3.63) is 58.4 Å². The molecule has 3 N–H and O–H groups in total. The first-order chi connectivity index (χ1) is 9.36. The molecule has 0 fully saturated rings. The zero-order chi connectivity index (χ0) is 14.9. The molecular weight excluding hydrogens is 293 g/mol. The van der Waals surface area contributed by atoms with Gasteiger partial charge in [-0.05, 0) is 24.3 Å². The van der Waals surface area contributed by atoms with E-state index in [1.807, 2.05) is 0 Å². The molecule has 3 nitrogen and oxygen atoms in total. The number of benzene rings is 2. The van der Waals surface area contributed by atoms with Gasteiger partial charge in [-0.3, -0.25) is 4.79 Å². The maximum absolute atomic E-state index is 13.5. The van der Waals surface area contributed by atoms with Crippen molar-refractivity contribution in [2.45, 2.75) is 0 Å². The fraction of sp³-hybridized carbons (Fsp3) is 0. The Kier molecular flexibility index (Phi) is 3.85. The van der Waals surface area contributed by atoms with E-state index in [0.717, 1.165) is 18.2 Å². The SMILES string of the molecule is Nc1cc(C(=O)Nc2cc(F)cc(Cl)c2)c(F)cc1F. The predicted molar refractivity (Wildman–Crippen MR) is 70.1 cm³/mol. The topological polar surface area (TPSA) is 55.1 Å². The Morgan fingerprint density at radius 3 is 2.40 bits per heavy atom.